The molecule has 2 aromatic carbocycles. The Bertz CT molecular complexity index is 852. The number of thiazole rings is 1. The van der Waals surface area contributed by atoms with Gasteiger partial charge in [-0.3, -0.25) is 4.79 Å². The van der Waals surface area contributed by atoms with Gasteiger partial charge in [0.1, 0.15) is 5.82 Å². The van der Waals surface area contributed by atoms with Gasteiger partial charge >= 0.3 is 0 Å². The SMILES string of the molecule is O=C(CSc1nc(-c2ccc(F)cc2)cs1)Nc1ccccc1I. The van der Waals surface area contributed by atoms with E-state index >= 15 is 0 Å². The maximum atomic E-state index is 13.0. The van der Waals surface area contributed by atoms with Crippen LogP contribution in [0.2, 0.25) is 0 Å². The second kappa shape index (κ2) is 8.09. The molecule has 0 aliphatic rings. The molecule has 0 unspecified atom stereocenters. The highest BCUT2D eigenvalue weighted by Gasteiger charge is 2.09. The molecule has 0 spiro atoms. The molecule has 0 atom stereocenters. The first-order valence-electron chi connectivity index (χ1n) is 7.00. The maximum Gasteiger partial charge on any atom is 0.234 e. The van der Waals surface area contributed by atoms with Gasteiger partial charge < -0.3 is 5.32 Å². The number of aromatic nitrogens is 1. The van der Waals surface area contributed by atoms with E-state index in [1.165, 1.54) is 35.2 Å². The van der Waals surface area contributed by atoms with E-state index < -0.39 is 0 Å². The van der Waals surface area contributed by atoms with Gasteiger partial charge in [0.25, 0.3) is 0 Å². The summed E-state index contributed by atoms with van der Waals surface area (Å²) in [5.74, 6) is -0.0418. The van der Waals surface area contributed by atoms with E-state index in [1.54, 1.807) is 12.1 Å². The Morgan fingerprint density at radius 2 is 1.96 bits per heavy atom. The fraction of sp³-hybridized carbons (Fsp3) is 0.0588. The van der Waals surface area contributed by atoms with Gasteiger partial charge in [-0.1, -0.05) is 23.9 Å². The molecule has 1 aromatic heterocycles. The highest BCUT2D eigenvalue weighted by atomic mass is 127. The Kier molecular flexibility index (Phi) is 5.85. The van der Waals surface area contributed by atoms with Crippen LogP contribution in [0.4, 0.5) is 10.1 Å². The number of thioether (sulfide) groups is 1. The van der Waals surface area contributed by atoms with Crippen molar-refractivity contribution in [3.63, 3.8) is 0 Å². The number of halogens is 2. The summed E-state index contributed by atoms with van der Waals surface area (Å²) < 4.78 is 14.8. The molecule has 3 rings (SSSR count). The number of carbonyl (C=O) groups is 1. The molecule has 0 radical (unpaired) electrons. The summed E-state index contributed by atoms with van der Waals surface area (Å²) in [4.78, 5) is 16.5. The van der Waals surface area contributed by atoms with Gasteiger partial charge in [0.2, 0.25) is 5.91 Å². The molecule has 1 N–H and O–H groups in total. The van der Waals surface area contributed by atoms with Crippen LogP contribution in [-0.4, -0.2) is 16.6 Å². The molecule has 1 heterocycles. The molecule has 24 heavy (non-hydrogen) atoms. The van der Waals surface area contributed by atoms with Gasteiger partial charge in [-0.15, -0.1) is 11.3 Å². The van der Waals surface area contributed by atoms with Crippen molar-refractivity contribution in [3.05, 3.63) is 63.3 Å². The molecule has 0 aliphatic carbocycles. The molecule has 122 valence electrons. The van der Waals surface area contributed by atoms with E-state index in [-0.39, 0.29) is 11.7 Å². The smallest absolute Gasteiger partial charge is 0.234 e. The molecular weight excluding hydrogens is 458 g/mol. The summed E-state index contributed by atoms with van der Waals surface area (Å²) in [5, 5.41) is 4.80. The average molecular weight is 470 g/mol. The Morgan fingerprint density at radius 1 is 1.21 bits per heavy atom. The zero-order chi connectivity index (χ0) is 16.9. The van der Waals surface area contributed by atoms with E-state index in [1.807, 2.05) is 29.6 Å². The number of amides is 1. The van der Waals surface area contributed by atoms with Gasteiger partial charge in [0.05, 0.1) is 17.1 Å². The number of nitrogens with zero attached hydrogens (tertiary/aromatic N) is 1. The van der Waals surface area contributed by atoms with Crippen LogP contribution < -0.4 is 5.32 Å². The minimum Gasteiger partial charge on any atom is -0.324 e. The standard InChI is InChI=1S/C17H12FIN2OS2/c18-12-7-5-11(6-8-12)15-9-23-17(21-15)24-10-16(22)20-14-4-2-1-3-13(14)19/h1-9H,10H2,(H,20,22). The Balaban J connectivity index is 1.58. The lowest BCUT2D eigenvalue weighted by Gasteiger charge is -2.06. The largest absolute Gasteiger partial charge is 0.324 e. The molecule has 7 heteroatoms. The van der Waals surface area contributed by atoms with Crippen molar-refractivity contribution in [3.8, 4) is 11.3 Å². The van der Waals surface area contributed by atoms with Crippen LogP contribution in [0.25, 0.3) is 11.3 Å². The molecule has 3 aromatic rings. The summed E-state index contributed by atoms with van der Waals surface area (Å²) >= 11 is 5.06. The zero-order valence-electron chi connectivity index (χ0n) is 12.3. The lowest BCUT2D eigenvalue weighted by molar-refractivity contribution is -0.113. The van der Waals surface area contributed by atoms with E-state index in [4.69, 9.17) is 0 Å². The summed E-state index contributed by atoms with van der Waals surface area (Å²) in [6, 6.07) is 13.9. The molecule has 0 bridgehead atoms. The highest BCUT2D eigenvalue weighted by molar-refractivity contribution is 14.1. The van der Waals surface area contributed by atoms with Crippen molar-refractivity contribution in [1.29, 1.82) is 0 Å². The van der Waals surface area contributed by atoms with Crippen LogP contribution in [0.1, 0.15) is 0 Å². The molecular formula is C17H12FIN2OS2. The number of carbonyl (C=O) groups excluding carboxylic acids is 1. The molecule has 0 fully saturated rings. The Labute approximate surface area is 160 Å². The predicted molar refractivity (Wildman–Crippen MR) is 106 cm³/mol. The first-order chi connectivity index (χ1) is 11.6. The quantitative estimate of drug-likeness (QED) is 0.408. The van der Waals surface area contributed by atoms with E-state index in [9.17, 15) is 9.18 Å². The molecule has 0 saturated carbocycles. The Hall–Kier alpha value is -1.45. The van der Waals surface area contributed by atoms with Gasteiger partial charge in [-0.05, 0) is 59.0 Å². The van der Waals surface area contributed by atoms with Crippen molar-refractivity contribution >= 4 is 57.3 Å². The zero-order valence-corrected chi connectivity index (χ0v) is 16.1. The second-order valence-electron chi connectivity index (χ2n) is 4.82. The van der Waals surface area contributed by atoms with Gasteiger partial charge in [0.15, 0.2) is 4.34 Å². The molecule has 3 nitrogen and oxygen atoms in total. The number of para-hydroxylation sites is 1. The maximum absolute atomic E-state index is 13.0. The van der Waals surface area contributed by atoms with Crippen molar-refractivity contribution in [2.45, 2.75) is 4.34 Å². The summed E-state index contributed by atoms with van der Waals surface area (Å²) in [5.41, 5.74) is 2.47. The first kappa shape index (κ1) is 17.4. The number of hydrogen-bond acceptors (Lipinski definition) is 4. The molecule has 0 aliphatic heterocycles. The van der Waals surface area contributed by atoms with E-state index in [0.717, 1.165) is 24.9 Å². The number of anilines is 1. The predicted octanol–water partition coefficient (Wildman–Crippen LogP) is 5.28. The first-order valence-corrected chi connectivity index (χ1v) is 9.95. The number of rotatable bonds is 5. The highest BCUT2D eigenvalue weighted by Crippen LogP contribution is 2.28. The number of hydrogen-bond donors (Lipinski definition) is 1. The van der Waals surface area contributed by atoms with Gasteiger partial charge in [0, 0.05) is 14.5 Å². The molecule has 1 amide bonds. The van der Waals surface area contributed by atoms with Crippen LogP contribution >= 0.6 is 45.7 Å². The van der Waals surface area contributed by atoms with E-state index in [2.05, 4.69) is 32.9 Å². The second-order valence-corrected chi connectivity index (χ2v) is 8.07. The number of nitrogens with one attached hydrogen (secondary N) is 1. The lowest BCUT2D eigenvalue weighted by atomic mass is 10.2. The van der Waals surface area contributed by atoms with Crippen LogP contribution in [0.5, 0.6) is 0 Å². The van der Waals surface area contributed by atoms with Crippen LogP contribution in [0, 0.1) is 9.39 Å². The van der Waals surface area contributed by atoms with Gasteiger partial charge in [-0.25, -0.2) is 9.37 Å². The third-order valence-electron chi connectivity index (χ3n) is 3.10. The summed E-state index contributed by atoms with van der Waals surface area (Å²) in [6.45, 7) is 0. The number of benzene rings is 2. The van der Waals surface area contributed by atoms with Crippen LogP contribution in [0.3, 0.4) is 0 Å². The van der Waals surface area contributed by atoms with Crippen molar-refractivity contribution in [2.75, 3.05) is 11.1 Å². The fourth-order valence-corrected chi connectivity index (χ4v) is 4.11. The van der Waals surface area contributed by atoms with Crippen molar-refractivity contribution in [1.82, 2.24) is 4.98 Å². The van der Waals surface area contributed by atoms with E-state index in [0.29, 0.717) is 5.75 Å². The minimum atomic E-state index is -0.268. The summed E-state index contributed by atoms with van der Waals surface area (Å²) in [7, 11) is 0. The summed E-state index contributed by atoms with van der Waals surface area (Å²) in [6.07, 6.45) is 0. The molecule has 0 saturated heterocycles. The third kappa shape index (κ3) is 4.55. The lowest BCUT2D eigenvalue weighted by Crippen LogP contribution is -2.14. The topological polar surface area (TPSA) is 42.0 Å². The minimum absolute atomic E-state index is 0.0670. The fourth-order valence-electron chi connectivity index (χ4n) is 1.95. The normalized spacial score (nSPS) is 10.6. The Morgan fingerprint density at radius 3 is 2.71 bits per heavy atom. The van der Waals surface area contributed by atoms with Crippen LogP contribution in [-0.2, 0) is 4.79 Å². The van der Waals surface area contributed by atoms with Crippen molar-refractivity contribution in [2.24, 2.45) is 0 Å². The third-order valence-corrected chi connectivity index (χ3v) is 6.06. The van der Waals surface area contributed by atoms with Gasteiger partial charge in [-0.2, -0.15) is 0 Å². The monoisotopic (exact) mass is 470 g/mol. The van der Waals surface area contributed by atoms with Crippen molar-refractivity contribution < 1.29 is 9.18 Å². The van der Waals surface area contributed by atoms with Crippen LogP contribution in [0.15, 0.2) is 58.3 Å². The average Bonchev–Trinajstić information content (AvgIpc) is 3.05.